The highest BCUT2D eigenvalue weighted by molar-refractivity contribution is 7.92. The number of aliphatic imine (C=N–C) groups is 1. The van der Waals surface area contributed by atoms with Crippen LogP contribution in [0.5, 0.6) is 11.5 Å². The molecule has 3 aliphatic heterocycles. The molecule has 75 heavy (non-hydrogen) atoms. The molecule has 402 valence electrons. The van der Waals surface area contributed by atoms with Crippen molar-refractivity contribution in [2.45, 2.75) is 147 Å². The molecule has 3 amide bonds. The molecule has 2 aromatic carbocycles. The van der Waals surface area contributed by atoms with Gasteiger partial charge in [-0.2, -0.15) is 0 Å². The van der Waals surface area contributed by atoms with E-state index in [2.05, 4.69) is 52.8 Å². The fourth-order valence-electron chi connectivity index (χ4n) is 10.9. The number of benzene rings is 2. The molecule has 3 fully saturated rings. The Morgan fingerprint density at radius 1 is 0.920 bits per heavy atom. The Bertz CT molecular complexity index is 2910. The molecule has 0 bridgehead atoms. The third kappa shape index (κ3) is 11.9. The molecule has 2 saturated heterocycles. The van der Waals surface area contributed by atoms with Crippen LogP contribution in [0.3, 0.4) is 0 Å². The SMILES string of the molecule is CC[C@@H](C)C(=O)N[C@H](C(=O)N1C[C@@H](Oc2cnc(N3CCN(CCOc4cc5ncnc(NC6=NCC(C)=C6C)c5cc4S(=O)(=O)C(C)(C)C)CC3)nc2)C[C@H]1C(=O)N[C@@H]1CCCc2ccccc21)C1CCCCC1. The number of nitrogens with zero attached hydrogens (tertiary/aromatic N) is 8. The van der Waals surface area contributed by atoms with Crippen LogP contribution in [0.15, 0.2) is 76.2 Å². The van der Waals surface area contributed by atoms with Gasteiger partial charge in [0.25, 0.3) is 0 Å². The zero-order valence-corrected chi connectivity index (χ0v) is 45.5. The number of ether oxygens (including phenoxy) is 2. The summed E-state index contributed by atoms with van der Waals surface area (Å²) in [7, 11) is -3.84. The van der Waals surface area contributed by atoms with Crippen LogP contribution in [0.2, 0.25) is 0 Å². The summed E-state index contributed by atoms with van der Waals surface area (Å²) < 4.78 is 39.9. The van der Waals surface area contributed by atoms with Gasteiger partial charge in [-0.05, 0) is 107 Å². The van der Waals surface area contributed by atoms with E-state index in [9.17, 15) is 22.8 Å². The number of aromatic nitrogens is 4. The van der Waals surface area contributed by atoms with Crippen LogP contribution < -0.4 is 30.3 Å². The van der Waals surface area contributed by atoms with Gasteiger partial charge in [0.2, 0.25) is 23.7 Å². The molecule has 1 saturated carbocycles. The number of likely N-dealkylation sites (tertiary alicyclic amines) is 1. The van der Waals surface area contributed by atoms with Gasteiger partial charge in [0, 0.05) is 56.5 Å². The summed E-state index contributed by atoms with van der Waals surface area (Å²) in [5.74, 6) is 1.59. The lowest BCUT2D eigenvalue weighted by Crippen LogP contribution is -2.57. The maximum atomic E-state index is 14.9. The lowest BCUT2D eigenvalue weighted by atomic mass is 9.83. The minimum atomic E-state index is -3.84. The van der Waals surface area contributed by atoms with Gasteiger partial charge in [-0.1, -0.05) is 57.4 Å². The van der Waals surface area contributed by atoms with Crippen molar-refractivity contribution < 1.29 is 32.3 Å². The number of carbonyl (C=O) groups excluding carboxylic acids is 3. The molecule has 5 atom stereocenters. The fraction of sp³-hybridized carbons (Fsp3) is 0.571. The molecule has 2 aliphatic carbocycles. The third-order valence-corrected chi connectivity index (χ3v) is 18.5. The lowest BCUT2D eigenvalue weighted by molar-refractivity contribution is -0.143. The van der Waals surface area contributed by atoms with Crippen LogP contribution in [0.4, 0.5) is 11.8 Å². The molecule has 0 spiro atoms. The van der Waals surface area contributed by atoms with E-state index >= 15 is 0 Å². The van der Waals surface area contributed by atoms with Gasteiger partial charge in [-0.3, -0.25) is 24.3 Å². The van der Waals surface area contributed by atoms with Gasteiger partial charge in [0.1, 0.15) is 53.4 Å². The van der Waals surface area contributed by atoms with Crippen LogP contribution in [0.1, 0.15) is 123 Å². The Morgan fingerprint density at radius 2 is 1.67 bits per heavy atom. The molecule has 19 heteroatoms. The van der Waals surface area contributed by atoms with Crippen LogP contribution in [0.25, 0.3) is 10.9 Å². The Morgan fingerprint density at radius 3 is 2.37 bits per heavy atom. The molecule has 5 aliphatic rings. The topological polar surface area (TPSA) is 214 Å². The first-order chi connectivity index (χ1) is 36.0. The van der Waals surface area contributed by atoms with Crippen molar-refractivity contribution in [3.05, 3.63) is 77.4 Å². The molecule has 0 radical (unpaired) electrons. The maximum Gasteiger partial charge on any atom is 0.246 e. The highest BCUT2D eigenvalue weighted by Gasteiger charge is 2.46. The summed E-state index contributed by atoms with van der Waals surface area (Å²) >= 11 is 0. The summed E-state index contributed by atoms with van der Waals surface area (Å²) in [6, 6.07) is 9.87. The van der Waals surface area contributed by atoms with Gasteiger partial charge in [-0.25, -0.2) is 28.4 Å². The minimum absolute atomic E-state index is 0.00890. The first-order valence-electron chi connectivity index (χ1n) is 27.1. The molecule has 2 aromatic heterocycles. The van der Waals surface area contributed by atoms with Crippen LogP contribution in [-0.4, -0.2) is 137 Å². The van der Waals surface area contributed by atoms with Crippen molar-refractivity contribution in [1.82, 2.24) is 40.4 Å². The largest absolute Gasteiger partial charge is 0.491 e. The maximum absolute atomic E-state index is 14.9. The monoisotopic (exact) mass is 1050 g/mol. The molecule has 9 rings (SSSR count). The number of carbonyl (C=O) groups is 3. The summed E-state index contributed by atoms with van der Waals surface area (Å²) in [5.41, 5.74) is 5.09. The summed E-state index contributed by atoms with van der Waals surface area (Å²) in [5, 5.41) is 10.3. The minimum Gasteiger partial charge on any atom is -0.491 e. The Kier molecular flexibility index (Phi) is 16.4. The first kappa shape index (κ1) is 53.6. The molecule has 0 unspecified atom stereocenters. The second-order valence-electron chi connectivity index (χ2n) is 22.1. The van der Waals surface area contributed by atoms with Crippen molar-refractivity contribution in [1.29, 1.82) is 0 Å². The number of sulfone groups is 1. The number of rotatable bonds is 16. The van der Waals surface area contributed by atoms with E-state index in [4.69, 9.17) is 19.4 Å². The van der Waals surface area contributed by atoms with E-state index < -0.39 is 32.8 Å². The summed E-state index contributed by atoms with van der Waals surface area (Å²) in [6.07, 6.45) is 12.7. The Balaban J connectivity index is 0.836. The number of hydrogen-bond donors (Lipinski definition) is 3. The quantitative estimate of drug-likeness (QED) is 0.103. The molecule has 5 heterocycles. The van der Waals surface area contributed by atoms with E-state index in [-0.39, 0.29) is 65.8 Å². The van der Waals surface area contributed by atoms with Crippen LogP contribution in [-0.2, 0) is 30.6 Å². The number of hydrogen-bond acceptors (Lipinski definition) is 15. The predicted octanol–water partition coefficient (Wildman–Crippen LogP) is 7.01. The van der Waals surface area contributed by atoms with Gasteiger partial charge in [0.15, 0.2) is 15.6 Å². The van der Waals surface area contributed by atoms with Crippen LogP contribution in [0, 0.1) is 11.8 Å². The number of anilines is 2. The van der Waals surface area contributed by atoms with Gasteiger partial charge in [-0.15, -0.1) is 0 Å². The standard InChI is InChI=1S/C56H75N11O7S/c1-8-35(2)52(68)63-49(39-16-10-9-11-17-39)54(70)67-33-40(27-46(67)53(69)62-44-20-14-18-38-15-12-13-19-42(38)44)74-41-31-58-55(59-32-41)66-23-21-65(22-24-66)25-26-73-47-29-45-43(28-48(47)75(71,72)56(5,6)7)51(61-34-60-45)64-50-37(4)36(3)30-57-50/h12-13,15,19,28-29,31-32,34-35,39-40,44,46,49H,8-11,14,16-18,20-27,30,33H2,1-7H3,(H,62,69)(H,63,68)(H,57,60,61,64)/t35-,40+,44-,46+,49+/m1/s1. The highest BCUT2D eigenvalue weighted by Crippen LogP contribution is 2.38. The molecule has 18 nitrogen and oxygen atoms in total. The second-order valence-corrected chi connectivity index (χ2v) is 24.7. The molecule has 3 N–H and O–H groups in total. The number of aryl methyl sites for hydroxylation is 1. The number of fused-ring (bicyclic) bond motifs is 2. The van der Waals surface area contributed by atoms with Crippen molar-refractivity contribution in [2.24, 2.45) is 16.8 Å². The lowest BCUT2D eigenvalue weighted by Gasteiger charge is -2.35. The molecule has 4 aromatic rings. The highest BCUT2D eigenvalue weighted by atomic mass is 32.2. The van der Waals surface area contributed by atoms with E-state index in [1.807, 2.05) is 39.8 Å². The predicted molar refractivity (Wildman–Crippen MR) is 290 cm³/mol. The molecular formula is C56H75N11O7S. The number of nitrogens with one attached hydrogen (secondary N) is 3. The number of amidine groups is 1. The zero-order chi connectivity index (χ0) is 53.0. The van der Waals surface area contributed by atoms with E-state index in [1.54, 1.807) is 50.2 Å². The smallest absolute Gasteiger partial charge is 0.246 e. The Labute approximate surface area is 441 Å². The average Bonchev–Trinajstić information content (AvgIpc) is 3.98. The van der Waals surface area contributed by atoms with Gasteiger partial charge in [0.05, 0.1) is 41.8 Å². The number of amides is 3. The van der Waals surface area contributed by atoms with Crippen molar-refractivity contribution in [3.63, 3.8) is 0 Å². The first-order valence-corrected chi connectivity index (χ1v) is 28.6. The average molecular weight is 1050 g/mol. The van der Waals surface area contributed by atoms with E-state index in [0.29, 0.717) is 79.9 Å². The summed E-state index contributed by atoms with van der Waals surface area (Å²) in [6.45, 7) is 17.2. The fourth-order valence-corrected chi connectivity index (χ4v) is 12.3. The molecular weight excluding hydrogens is 971 g/mol. The van der Waals surface area contributed by atoms with E-state index in [1.165, 1.54) is 11.9 Å². The number of piperazine rings is 1. The van der Waals surface area contributed by atoms with Crippen LogP contribution >= 0.6 is 0 Å². The van der Waals surface area contributed by atoms with Crippen molar-refractivity contribution >= 4 is 56.1 Å². The third-order valence-electron chi connectivity index (χ3n) is 16.0. The second kappa shape index (κ2) is 22.9. The van der Waals surface area contributed by atoms with Gasteiger partial charge < -0.3 is 35.2 Å². The van der Waals surface area contributed by atoms with Crippen molar-refractivity contribution in [3.8, 4) is 11.5 Å². The van der Waals surface area contributed by atoms with Crippen molar-refractivity contribution in [2.75, 3.05) is 62.6 Å². The zero-order valence-electron chi connectivity index (χ0n) is 44.7. The van der Waals surface area contributed by atoms with E-state index in [0.717, 1.165) is 68.1 Å². The normalized spacial score (nSPS) is 21.6. The Hall–Kier alpha value is -6.21. The summed E-state index contributed by atoms with van der Waals surface area (Å²) in [4.78, 5) is 71.8. The van der Waals surface area contributed by atoms with Gasteiger partial charge >= 0.3 is 0 Å².